The minimum absolute atomic E-state index is 0.0980. The number of carbonyl (C=O) groups excluding carboxylic acids is 1. The topological polar surface area (TPSA) is 47.6 Å². The predicted molar refractivity (Wildman–Crippen MR) is 122 cm³/mol. The van der Waals surface area contributed by atoms with Gasteiger partial charge < -0.3 is 14.8 Å². The molecule has 0 aliphatic carbocycles. The lowest BCUT2D eigenvalue weighted by molar-refractivity contribution is 0.102. The summed E-state index contributed by atoms with van der Waals surface area (Å²) in [7, 11) is 1.61. The molecule has 0 aromatic heterocycles. The van der Waals surface area contributed by atoms with Crippen molar-refractivity contribution >= 4 is 11.6 Å². The van der Waals surface area contributed by atoms with E-state index in [2.05, 4.69) is 38.2 Å². The summed E-state index contributed by atoms with van der Waals surface area (Å²) >= 11 is 0. The van der Waals surface area contributed by atoms with Gasteiger partial charge in [-0.25, -0.2) is 0 Å². The maximum atomic E-state index is 12.7. The molecule has 0 aliphatic rings. The van der Waals surface area contributed by atoms with E-state index in [1.54, 1.807) is 19.2 Å². The fourth-order valence-corrected chi connectivity index (χ4v) is 3.17. The van der Waals surface area contributed by atoms with Gasteiger partial charge in [-0.2, -0.15) is 0 Å². The Morgan fingerprint density at radius 2 is 1.70 bits per heavy atom. The molecule has 0 fully saturated rings. The summed E-state index contributed by atoms with van der Waals surface area (Å²) in [5, 5.41) is 2.94. The maximum Gasteiger partial charge on any atom is 0.255 e. The highest BCUT2D eigenvalue weighted by Gasteiger charge is 2.14. The lowest BCUT2D eigenvalue weighted by atomic mass is 9.87. The third-order valence-electron chi connectivity index (χ3n) is 4.93. The molecule has 0 aliphatic heterocycles. The summed E-state index contributed by atoms with van der Waals surface area (Å²) in [4.78, 5) is 12.7. The van der Waals surface area contributed by atoms with Gasteiger partial charge in [0.2, 0.25) is 0 Å². The van der Waals surface area contributed by atoms with Gasteiger partial charge in [-0.15, -0.1) is 0 Å². The van der Waals surface area contributed by atoms with Crippen LogP contribution in [0, 0.1) is 6.92 Å². The van der Waals surface area contributed by atoms with Crippen molar-refractivity contribution in [2.45, 2.75) is 39.7 Å². The highest BCUT2D eigenvalue weighted by atomic mass is 16.5. The molecule has 0 radical (unpaired) electrons. The van der Waals surface area contributed by atoms with Crippen molar-refractivity contribution in [3.8, 4) is 11.5 Å². The van der Waals surface area contributed by atoms with Crippen LogP contribution in [0.4, 0.5) is 5.69 Å². The van der Waals surface area contributed by atoms with E-state index in [1.165, 1.54) is 5.56 Å². The van der Waals surface area contributed by atoms with E-state index in [4.69, 9.17) is 9.47 Å². The third kappa shape index (κ3) is 5.41. The molecule has 3 aromatic rings. The SMILES string of the molecule is COc1ccc(C(=O)Nc2cccc(C)c2)cc1COc1ccc(C(C)(C)C)cc1. The number of amides is 1. The molecule has 1 amide bonds. The smallest absolute Gasteiger partial charge is 0.255 e. The highest BCUT2D eigenvalue weighted by Crippen LogP contribution is 2.26. The zero-order chi connectivity index (χ0) is 21.7. The molecule has 4 nitrogen and oxygen atoms in total. The van der Waals surface area contributed by atoms with Gasteiger partial charge in [-0.3, -0.25) is 4.79 Å². The first-order valence-electron chi connectivity index (χ1n) is 10.0. The Labute approximate surface area is 178 Å². The number of methoxy groups -OCH3 is 1. The molecular weight excluding hydrogens is 374 g/mol. The number of hydrogen-bond acceptors (Lipinski definition) is 3. The van der Waals surface area contributed by atoms with Crippen LogP contribution >= 0.6 is 0 Å². The van der Waals surface area contributed by atoms with Crippen LogP contribution in [0.15, 0.2) is 66.7 Å². The largest absolute Gasteiger partial charge is 0.496 e. The first kappa shape index (κ1) is 21.4. The maximum absolute atomic E-state index is 12.7. The number of nitrogens with one attached hydrogen (secondary N) is 1. The highest BCUT2D eigenvalue weighted by molar-refractivity contribution is 6.04. The second-order valence-electron chi connectivity index (χ2n) is 8.41. The molecular formula is C26H29NO3. The second-order valence-corrected chi connectivity index (χ2v) is 8.41. The van der Waals surface area contributed by atoms with Crippen molar-refractivity contribution in [3.05, 3.63) is 89.0 Å². The van der Waals surface area contributed by atoms with Gasteiger partial charge in [0.05, 0.1) is 7.11 Å². The van der Waals surface area contributed by atoms with E-state index in [1.807, 2.05) is 49.4 Å². The van der Waals surface area contributed by atoms with Crippen LogP contribution in [0.5, 0.6) is 11.5 Å². The van der Waals surface area contributed by atoms with Gasteiger partial charge in [0.15, 0.2) is 0 Å². The summed E-state index contributed by atoms with van der Waals surface area (Å²) in [5.74, 6) is 1.30. The lowest BCUT2D eigenvalue weighted by Crippen LogP contribution is -2.13. The van der Waals surface area contributed by atoms with Crippen molar-refractivity contribution in [1.82, 2.24) is 0 Å². The Hall–Kier alpha value is -3.27. The summed E-state index contributed by atoms with van der Waals surface area (Å²) in [6.07, 6.45) is 0. The van der Waals surface area contributed by atoms with Crippen molar-refractivity contribution in [2.75, 3.05) is 12.4 Å². The molecule has 30 heavy (non-hydrogen) atoms. The fourth-order valence-electron chi connectivity index (χ4n) is 3.17. The van der Waals surface area contributed by atoms with Crippen molar-refractivity contribution in [1.29, 1.82) is 0 Å². The molecule has 0 atom stereocenters. The number of aryl methyl sites for hydroxylation is 1. The zero-order valence-electron chi connectivity index (χ0n) is 18.3. The number of benzene rings is 3. The summed E-state index contributed by atoms with van der Waals surface area (Å²) in [5.41, 5.74) is 4.58. The molecule has 0 bridgehead atoms. The van der Waals surface area contributed by atoms with Crippen molar-refractivity contribution < 1.29 is 14.3 Å². The monoisotopic (exact) mass is 403 g/mol. The van der Waals surface area contributed by atoms with E-state index in [0.717, 1.165) is 22.6 Å². The lowest BCUT2D eigenvalue weighted by Gasteiger charge is -2.19. The van der Waals surface area contributed by atoms with Crippen molar-refractivity contribution in [2.24, 2.45) is 0 Å². The van der Waals surface area contributed by atoms with Gasteiger partial charge in [-0.1, -0.05) is 45.0 Å². The van der Waals surface area contributed by atoms with Gasteiger partial charge >= 0.3 is 0 Å². The van der Waals surface area contributed by atoms with E-state index >= 15 is 0 Å². The Morgan fingerprint density at radius 1 is 0.967 bits per heavy atom. The second kappa shape index (κ2) is 9.04. The Kier molecular flexibility index (Phi) is 6.46. The van der Waals surface area contributed by atoms with Crippen LogP contribution in [-0.2, 0) is 12.0 Å². The molecule has 0 spiro atoms. The normalized spacial score (nSPS) is 11.1. The molecule has 156 valence electrons. The molecule has 0 saturated carbocycles. The molecule has 3 aromatic carbocycles. The average Bonchev–Trinajstić information content (AvgIpc) is 2.71. The number of rotatable bonds is 6. The quantitative estimate of drug-likeness (QED) is 0.538. The Bertz CT molecular complexity index is 1020. The van der Waals surface area contributed by atoms with E-state index in [0.29, 0.717) is 17.9 Å². The van der Waals surface area contributed by atoms with Crippen LogP contribution in [0.1, 0.15) is 47.8 Å². The van der Waals surface area contributed by atoms with Crippen LogP contribution < -0.4 is 14.8 Å². The fraction of sp³-hybridized carbons (Fsp3) is 0.269. The van der Waals surface area contributed by atoms with Gasteiger partial charge in [0.25, 0.3) is 5.91 Å². The first-order valence-corrected chi connectivity index (χ1v) is 10.0. The van der Waals surface area contributed by atoms with E-state index in [9.17, 15) is 4.79 Å². The first-order chi connectivity index (χ1) is 14.3. The molecule has 0 saturated heterocycles. The molecule has 3 rings (SSSR count). The van der Waals surface area contributed by atoms with E-state index < -0.39 is 0 Å². The van der Waals surface area contributed by atoms with Crippen molar-refractivity contribution in [3.63, 3.8) is 0 Å². The van der Waals surface area contributed by atoms with Gasteiger partial charge in [0.1, 0.15) is 18.1 Å². The molecule has 0 heterocycles. The number of carbonyl (C=O) groups is 1. The minimum atomic E-state index is -0.168. The number of ether oxygens (including phenoxy) is 2. The molecule has 4 heteroatoms. The van der Waals surface area contributed by atoms with Crippen LogP contribution in [-0.4, -0.2) is 13.0 Å². The standard InChI is InChI=1S/C26H29NO3/c1-18-7-6-8-22(15-18)27-25(28)19-9-14-24(29-5)20(16-19)17-30-23-12-10-21(11-13-23)26(2,3)4/h6-16H,17H2,1-5H3,(H,27,28). The number of anilines is 1. The summed E-state index contributed by atoms with van der Waals surface area (Å²) in [6.45, 7) is 8.85. The molecule has 1 N–H and O–H groups in total. The van der Waals surface area contributed by atoms with E-state index in [-0.39, 0.29) is 11.3 Å². The summed E-state index contributed by atoms with van der Waals surface area (Å²) < 4.78 is 11.4. The summed E-state index contributed by atoms with van der Waals surface area (Å²) in [6, 6.07) is 21.2. The average molecular weight is 404 g/mol. The third-order valence-corrected chi connectivity index (χ3v) is 4.93. The van der Waals surface area contributed by atoms with Crippen LogP contribution in [0.25, 0.3) is 0 Å². The molecule has 0 unspecified atom stereocenters. The van der Waals surface area contributed by atoms with Crippen LogP contribution in [0.3, 0.4) is 0 Å². The van der Waals surface area contributed by atoms with Gasteiger partial charge in [-0.05, 0) is 65.9 Å². The van der Waals surface area contributed by atoms with Gasteiger partial charge in [0, 0.05) is 16.8 Å². The Morgan fingerprint density at radius 3 is 2.33 bits per heavy atom. The Balaban J connectivity index is 1.73. The number of hydrogen-bond donors (Lipinski definition) is 1. The predicted octanol–water partition coefficient (Wildman–Crippen LogP) is 6.13. The zero-order valence-corrected chi connectivity index (χ0v) is 18.3. The minimum Gasteiger partial charge on any atom is -0.496 e. The van der Waals surface area contributed by atoms with Crippen LogP contribution in [0.2, 0.25) is 0 Å².